The van der Waals surface area contributed by atoms with Gasteiger partial charge in [0.15, 0.2) is 0 Å². The first-order valence-electron chi connectivity index (χ1n) is 8.54. The van der Waals surface area contributed by atoms with E-state index < -0.39 is 6.09 Å². The number of piperidine rings is 1. The predicted molar refractivity (Wildman–Crippen MR) is 86.6 cm³/mol. The number of hydrogen-bond acceptors (Lipinski definition) is 3. The van der Waals surface area contributed by atoms with Gasteiger partial charge in [-0.3, -0.25) is 4.98 Å². The van der Waals surface area contributed by atoms with Gasteiger partial charge >= 0.3 is 12.1 Å². The minimum absolute atomic E-state index is 0.00751. The number of carbonyl (C=O) groups excluding carboxylic acids is 1. The highest BCUT2D eigenvalue weighted by Gasteiger charge is 2.55. The molecule has 0 spiro atoms. The molecule has 24 heavy (non-hydrogen) atoms. The zero-order valence-corrected chi connectivity index (χ0v) is 13.5. The Hall–Kier alpha value is -2.31. The largest absolute Gasteiger partial charge is 0.465 e. The van der Waals surface area contributed by atoms with Crippen LogP contribution in [0.4, 0.5) is 9.59 Å². The monoisotopic (exact) mass is 330 g/mol. The van der Waals surface area contributed by atoms with Crippen LogP contribution in [0.15, 0.2) is 24.5 Å². The molecular formula is C17H22N4O3. The Morgan fingerprint density at radius 2 is 1.96 bits per heavy atom. The molecule has 0 aromatic carbocycles. The lowest BCUT2D eigenvalue weighted by molar-refractivity contribution is 0.147. The van der Waals surface area contributed by atoms with Gasteiger partial charge in [-0.05, 0) is 35.8 Å². The van der Waals surface area contributed by atoms with Crippen molar-refractivity contribution in [3.05, 3.63) is 30.1 Å². The Labute approximate surface area is 140 Å². The van der Waals surface area contributed by atoms with Gasteiger partial charge in [0.25, 0.3) is 0 Å². The number of urea groups is 1. The van der Waals surface area contributed by atoms with Crippen LogP contribution in [0, 0.1) is 17.8 Å². The Morgan fingerprint density at radius 1 is 1.21 bits per heavy atom. The summed E-state index contributed by atoms with van der Waals surface area (Å²) in [5, 5.41) is 11.9. The molecule has 0 bridgehead atoms. The van der Waals surface area contributed by atoms with Gasteiger partial charge in [-0.1, -0.05) is 6.07 Å². The number of hydrogen-bond donors (Lipinski definition) is 2. The third-order valence-corrected chi connectivity index (χ3v) is 5.72. The average molecular weight is 330 g/mol. The van der Waals surface area contributed by atoms with Gasteiger partial charge in [-0.2, -0.15) is 0 Å². The second-order valence-corrected chi connectivity index (χ2v) is 7.09. The molecule has 3 aliphatic rings. The van der Waals surface area contributed by atoms with Gasteiger partial charge in [0.2, 0.25) is 0 Å². The Bertz CT molecular complexity index is 620. The fourth-order valence-electron chi connectivity index (χ4n) is 4.16. The maximum atomic E-state index is 12.1. The molecule has 2 unspecified atom stereocenters. The molecule has 2 saturated heterocycles. The summed E-state index contributed by atoms with van der Waals surface area (Å²) in [7, 11) is 0. The van der Waals surface area contributed by atoms with Crippen molar-refractivity contribution < 1.29 is 14.7 Å². The van der Waals surface area contributed by atoms with Crippen LogP contribution in [0.3, 0.4) is 0 Å². The van der Waals surface area contributed by atoms with E-state index in [0.29, 0.717) is 43.3 Å². The second kappa shape index (κ2) is 5.96. The molecule has 3 fully saturated rings. The molecule has 7 nitrogen and oxygen atoms in total. The normalized spacial score (nSPS) is 28.2. The predicted octanol–water partition coefficient (Wildman–Crippen LogP) is 1.44. The highest BCUT2D eigenvalue weighted by Crippen LogP contribution is 2.53. The average Bonchev–Trinajstić information content (AvgIpc) is 2.98. The highest BCUT2D eigenvalue weighted by molar-refractivity contribution is 5.75. The van der Waals surface area contributed by atoms with Crippen LogP contribution < -0.4 is 5.32 Å². The SMILES string of the molecule is O=C(O)N1CC2C(CCNC(=O)N3CC(c4cccnc4)C3)C2C1. The number of carbonyl (C=O) groups is 2. The van der Waals surface area contributed by atoms with Crippen LogP contribution in [-0.2, 0) is 0 Å². The van der Waals surface area contributed by atoms with Gasteiger partial charge in [-0.25, -0.2) is 9.59 Å². The van der Waals surface area contributed by atoms with E-state index in [4.69, 9.17) is 5.11 Å². The van der Waals surface area contributed by atoms with Gasteiger partial charge in [0.05, 0.1) is 0 Å². The smallest absolute Gasteiger partial charge is 0.407 e. The number of aromatic nitrogens is 1. The molecule has 4 rings (SSSR count). The van der Waals surface area contributed by atoms with Crippen molar-refractivity contribution in [3.63, 3.8) is 0 Å². The van der Waals surface area contributed by atoms with E-state index in [0.717, 1.165) is 19.5 Å². The second-order valence-electron chi connectivity index (χ2n) is 7.09. The molecule has 3 amide bonds. The molecule has 7 heteroatoms. The lowest BCUT2D eigenvalue weighted by Gasteiger charge is -2.39. The highest BCUT2D eigenvalue weighted by atomic mass is 16.4. The molecule has 3 heterocycles. The summed E-state index contributed by atoms with van der Waals surface area (Å²) in [6.07, 6.45) is 3.77. The first-order chi connectivity index (χ1) is 11.6. The Morgan fingerprint density at radius 3 is 2.58 bits per heavy atom. The van der Waals surface area contributed by atoms with Crippen molar-refractivity contribution in [2.45, 2.75) is 12.3 Å². The number of rotatable bonds is 4. The van der Waals surface area contributed by atoms with Crippen molar-refractivity contribution in [3.8, 4) is 0 Å². The van der Waals surface area contributed by atoms with Crippen LogP contribution in [0.1, 0.15) is 17.9 Å². The van der Waals surface area contributed by atoms with Gasteiger partial charge < -0.3 is 20.2 Å². The summed E-state index contributed by atoms with van der Waals surface area (Å²) in [4.78, 5) is 30.4. The lowest BCUT2D eigenvalue weighted by atomic mass is 9.93. The van der Waals surface area contributed by atoms with Crippen molar-refractivity contribution >= 4 is 12.1 Å². The number of nitrogens with zero attached hydrogens (tertiary/aromatic N) is 3. The first kappa shape index (κ1) is 15.2. The molecule has 1 aromatic rings. The number of fused-ring (bicyclic) bond motifs is 1. The van der Waals surface area contributed by atoms with E-state index in [1.807, 2.05) is 17.2 Å². The van der Waals surface area contributed by atoms with E-state index in [1.165, 1.54) is 10.5 Å². The van der Waals surface area contributed by atoms with Gasteiger partial charge in [-0.15, -0.1) is 0 Å². The maximum Gasteiger partial charge on any atom is 0.407 e. The molecule has 1 aliphatic carbocycles. The third-order valence-electron chi connectivity index (χ3n) is 5.72. The Balaban J connectivity index is 1.13. The van der Waals surface area contributed by atoms with Gasteiger partial charge in [0.1, 0.15) is 0 Å². The van der Waals surface area contributed by atoms with E-state index in [-0.39, 0.29) is 6.03 Å². The van der Waals surface area contributed by atoms with Crippen molar-refractivity contribution in [2.24, 2.45) is 17.8 Å². The zero-order chi connectivity index (χ0) is 16.7. The molecule has 2 atom stereocenters. The van der Waals surface area contributed by atoms with Crippen LogP contribution in [0.2, 0.25) is 0 Å². The summed E-state index contributed by atoms with van der Waals surface area (Å²) in [6.45, 7) is 3.51. The minimum atomic E-state index is -0.810. The van der Waals surface area contributed by atoms with Crippen molar-refractivity contribution in [1.29, 1.82) is 0 Å². The van der Waals surface area contributed by atoms with E-state index in [2.05, 4.69) is 16.4 Å². The van der Waals surface area contributed by atoms with E-state index in [9.17, 15) is 9.59 Å². The van der Waals surface area contributed by atoms with Crippen LogP contribution in [0.5, 0.6) is 0 Å². The lowest BCUT2D eigenvalue weighted by Crippen LogP contribution is -2.52. The fraction of sp³-hybridized carbons (Fsp3) is 0.588. The molecule has 2 N–H and O–H groups in total. The van der Waals surface area contributed by atoms with E-state index in [1.54, 1.807) is 6.20 Å². The van der Waals surface area contributed by atoms with Crippen LogP contribution in [0.25, 0.3) is 0 Å². The quantitative estimate of drug-likeness (QED) is 0.875. The third kappa shape index (κ3) is 2.79. The number of amides is 3. The molecular weight excluding hydrogens is 308 g/mol. The summed E-state index contributed by atoms with van der Waals surface area (Å²) < 4.78 is 0. The molecule has 1 aromatic heterocycles. The number of carboxylic acid groups (broad SMARTS) is 1. The summed E-state index contributed by atoms with van der Waals surface area (Å²) in [6, 6.07) is 3.99. The molecule has 0 radical (unpaired) electrons. The fourth-order valence-corrected chi connectivity index (χ4v) is 4.16. The summed E-state index contributed by atoms with van der Waals surface area (Å²) in [5.74, 6) is 2.00. The maximum absolute atomic E-state index is 12.1. The molecule has 1 saturated carbocycles. The minimum Gasteiger partial charge on any atom is -0.465 e. The summed E-state index contributed by atoms with van der Waals surface area (Å²) >= 11 is 0. The van der Waals surface area contributed by atoms with Crippen LogP contribution >= 0.6 is 0 Å². The Kier molecular flexibility index (Phi) is 3.78. The topological polar surface area (TPSA) is 85.8 Å². The molecule has 128 valence electrons. The number of pyridine rings is 1. The van der Waals surface area contributed by atoms with Crippen molar-refractivity contribution in [2.75, 3.05) is 32.7 Å². The first-order valence-corrected chi connectivity index (χ1v) is 8.54. The molecule has 2 aliphatic heterocycles. The standard InChI is InChI=1S/C17H22N4O3/c22-16(20-7-12(8-20)11-2-1-4-18-6-11)19-5-3-13-14-9-21(17(23)24)10-15(13)14/h1-2,4,6,12-15H,3,5,7-10H2,(H,19,22)(H,23,24). The number of likely N-dealkylation sites (tertiary alicyclic amines) is 2. The zero-order valence-electron chi connectivity index (χ0n) is 13.5. The van der Waals surface area contributed by atoms with Crippen LogP contribution in [-0.4, -0.2) is 64.7 Å². The summed E-state index contributed by atoms with van der Waals surface area (Å²) in [5.41, 5.74) is 1.19. The van der Waals surface area contributed by atoms with Crippen molar-refractivity contribution in [1.82, 2.24) is 20.1 Å². The van der Waals surface area contributed by atoms with E-state index >= 15 is 0 Å². The van der Waals surface area contributed by atoms with Gasteiger partial charge in [0, 0.05) is 51.0 Å². The number of nitrogens with one attached hydrogen (secondary N) is 1.